The van der Waals surface area contributed by atoms with Crippen molar-refractivity contribution in [3.63, 3.8) is 0 Å². The Bertz CT molecular complexity index is 121. The molecule has 0 saturated heterocycles. The van der Waals surface area contributed by atoms with Crippen molar-refractivity contribution in [3.8, 4) is 0 Å². The minimum absolute atomic E-state index is 0.211. The van der Waals surface area contributed by atoms with Gasteiger partial charge in [0.15, 0.2) is 0 Å². The van der Waals surface area contributed by atoms with Crippen LogP contribution in [0.2, 0.25) is 0 Å². The highest BCUT2D eigenvalue weighted by Gasteiger charge is 2.16. The van der Waals surface area contributed by atoms with Gasteiger partial charge in [-0.15, -0.1) is 0 Å². The summed E-state index contributed by atoms with van der Waals surface area (Å²) in [6, 6.07) is 0. The van der Waals surface area contributed by atoms with Crippen molar-refractivity contribution in [1.82, 2.24) is 5.32 Å². The predicted molar refractivity (Wildman–Crippen MR) is 44.4 cm³/mol. The van der Waals surface area contributed by atoms with Gasteiger partial charge in [0.2, 0.25) is 6.41 Å². The highest BCUT2D eigenvalue weighted by atomic mass is 16.5. The van der Waals surface area contributed by atoms with Crippen LogP contribution in [0.15, 0.2) is 0 Å². The van der Waals surface area contributed by atoms with Crippen LogP contribution in [0.5, 0.6) is 0 Å². The van der Waals surface area contributed by atoms with Crippen LogP contribution in [0.1, 0.15) is 27.7 Å². The summed E-state index contributed by atoms with van der Waals surface area (Å²) in [6.45, 7) is 8.32. The molecule has 66 valence electrons. The van der Waals surface area contributed by atoms with E-state index in [9.17, 15) is 4.79 Å². The average molecular weight is 159 g/mol. The van der Waals surface area contributed by atoms with Crippen molar-refractivity contribution in [3.05, 3.63) is 0 Å². The first-order valence-corrected chi connectivity index (χ1v) is 3.81. The van der Waals surface area contributed by atoms with Gasteiger partial charge in [-0.25, -0.2) is 0 Å². The molecule has 3 heteroatoms. The van der Waals surface area contributed by atoms with Gasteiger partial charge < -0.3 is 10.1 Å². The molecule has 0 heterocycles. The highest BCUT2D eigenvalue weighted by molar-refractivity contribution is 5.47. The molecule has 3 nitrogen and oxygen atoms in total. The molecule has 0 aliphatic carbocycles. The Morgan fingerprint density at radius 1 is 1.55 bits per heavy atom. The fraction of sp³-hybridized carbons (Fsp3) is 0.875. The zero-order chi connectivity index (χ0) is 8.91. The molecule has 1 N–H and O–H groups in total. The molecule has 0 aromatic heterocycles. The van der Waals surface area contributed by atoms with E-state index >= 15 is 0 Å². The summed E-state index contributed by atoms with van der Waals surface area (Å²) in [5.74, 6) is 0. The third kappa shape index (κ3) is 5.85. The minimum atomic E-state index is -0.258. The summed E-state index contributed by atoms with van der Waals surface area (Å²) in [4.78, 5) is 10.1. The summed E-state index contributed by atoms with van der Waals surface area (Å²) < 4.78 is 5.34. The summed E-state index contributed by atoms with van der Waals surface area (Å²) in [5.41, 5.74) is -0.258. The second-order valence-corrected chi connectivity index (χ2v) is 3.51. The molecule has 0 aliphatic rings. The quantitative estimate of drug-likeness (QED) is 0.606. The number of carbonyl (C=O) groups excluding carboxylic acids is 1. The standard InChI is InChI=1S/C8H17NO2/c1-7(2)11-5-8(3,4)9-6-10/h6-7H,5H2,1-4H3,(H,9,10). The lowest BCUT2D eigenvalue weighted by Gasteiger charge is -2.24. The molecule has 0 bridgehead atoms. The number of hydrogen-bond acceptors (Lipinski definition) is 2. The molecule has 11 heavy (non-hydrogen) atoms. The van der Waals surface area contributed by atoms with Crippen molar-refractivity contribution >= 4 is 6.41 Å². The normalized spacial score (nSPS) is 11.7. The molecule has 0 spiro atoms. The minimum Gasteiger partial charge on any atom is -0.376 e. The molecule has 1 amide bonds. The van der Waals surface area contributed by atoms with Gasteiger partial charge in [-0.1, -0.05) is 0 Å². The van der Waals surface area contributed by atoms with Crippen LogP contribution in [-0.2, 0) is 9.53 Å². The molecule has 0 atom stereocenters. The molecular weight excluding hydrogens is 142 g/mol. The second kappa shape index (κ2) is 4.34. The van der Waals surface area contributed by atoms with E-state index in [1.165, 1.54) is 0 Å². The van der Waals surface area contributed by atoms with Crippen LogP contribution in [0.4, 0.5) is 0 Å². The molecule has 0 rings (SSSR count). The topological polar surface area (TPSA) is 38.3 Å². The number of nitrogens with one attached hydrogen (secondary N) is 1. The maximum absolute atomic E-state index is 10.1. The number of carbonyl (C=O) groups is 1. The first-order chi connectivity index (χ1) is 4.98. The van der Waals surface area contributed by atoms with E-state index in [1.54, 1.807) is 0 Å². The van der Waals surface area contributed by atoms with Gasteiger partial charge in [0.05, 0.1) is 18.2 Å². The van der Waals surface area contributed by atoms with Crippen molar-refractivity contribution in [2.24, 2.45) is 0 Å². The van der Waals surface area contributed by atoms with E-state index in [0.717, 1.165) is 0 Å². The summed E-state index contributed by atoms with van der Waals surface area (Å²) in [7, 11) is 0. The molecule has 0 aliphatic heterocycles. The van der Waals surface area contributed by atoms with Crippen LogP contribution >= 0.6 is 0 Å². The van der Waals surface area contributed by atoms with E-state index in [2.05, 4.69) is 5.32 Å². The second-order valence-electron chi connectivity index (χ2n) is 3.51. The first-order valence-electron chi connectivity index (χ1n) is 3.81. The van der Waals surface area contributed by atoms with E-state index < -0.39 is 0 Å². The number of rotatable bonds is 5. The van der Waals surface area contributed by atoms with Crippen molar-refractivity contribution in [2.75, 3.05) is 6.61 Å². The lowest BCUT2D eigenvalue weighted by Crippen LogP contribution is -2.43. The average Bonchev–Trinajstić information content (AvgIpc) is 1.84. The van der Waals surface area contributed by atoms with E-state index in [-0.39, 0.29) is 11.6 Å². The largest absolute Gasteiger partial charge is 0.376 e. The van der Waals surface area contributed by atoms with Crippen LogP contribution in [-0.4, -0.2) is 24.7 Å². The Balaban J connectivity index is 3.62. The zero-order valence-corrected chi connectivity index (χ0v) is 7.68. The van der Waals surface area contributed by atoms with Gasteiger partial charge >= 0.3 is 0 Å². The fourth-order valence-corrected chi connectivity index (χ4v) is 0.576. The van der Waals surface area contributed by atoms with Crippen LogP contribution < -0.4 is 5.32 Å². The van der Waals surface area contributed by atoms with E-state index in [0.29, 0.717) is 13.0 Å². The Labute approximate surface area is 68.1 Å². The van der Waals surface area contributed by atoms with Gasteiger partial charge in [-0.3, -0.25) is 4.79 Å². The lowest BCUT2D eigenvalue weighted by atomic mass is 10.1. The smallest absolute Gasteiger partial charge is 0.207 e. The van der Waals surface area contributed by atoms with Crippen molar-refractivity contribution < 1.29 is 9.53 Å². The van der Waals surface area contributed by atoms with E-state index in [4.69, 9.17) is 4.74 Å². The lowest BCUT2D eigenvalue weighted by molar-refractivity contribution is -0.111. The molecule has 0 aromatic rings. The number of amides is 1. The predicted octanol–water partition coefficient (Wildman–Crippen LogP) is 0.936. The van der Waals surface area contributed by atoms with E-state index in [1.807, 2.05) is 27.7 Å². The monoisotopic (exact) mass is 159 g/mol. The summed E-state index contributed by atoms with van der Waals surface area (Å²) in [5, 5.41) is 2.67. The zero-order valence-electron chi connectivity index (χ0n) is 7.68. The molecule has 0 aromatic carbocycles. The summed E-state index contributed by atoms with van der Waals surface area (Å²) in [6.07, 6.45) is 0.909. The summed E-state index contributed by atoms with van der Waals surface area (Å²) >= 11 is 0. The molecular formula is C8H17NO2. The third-order valence-corrected chi connectivity index (χ3v) is 1.23. The van der Waals surface area contributed by atoms with Gasteiger partial charge in [0.25, 0.3) is 0 Å². The Morgan fingerprint density at radius 3 is 2.45 bits per heavy atom. The van der Waals surface area contributed by atoms with Gasteiger partial charge in [-0.05, 0) is 27.7 Å². The van der Waals surface area contributed by atoms with Gasteiger partial charge in [0.1, 0.15) is 0 Å². The Hall–Kier alpha value is -0.570. The molecule has 0 fully saturated rings. The maximum Gasteiger partial charge on any atom is 0.207 e. The Kier molecular flexibility index (Phi) is 4.11. The Morgan fingerprint density at radius 2 is 2.09 bits per heavy atom. The number of hydrogen-bond donors (Lipinski definition) is 1. The van der Waals surface area contributed by atoms with Crippen molar-refractivity contribution in [2.45, 2.75) is 39.3 Å². The molecule has 0 unspecified atom stereocenters. The maximum atomic E-state index is 10.1. The van der Waals surface area contributed by atoms with Gasteiger partial charge in [0, 0.05) is 0 Å². The van der Waals surface area contributed by atoms with Crippen LogP contribution in [0.25, 0.3) is 0 Å². The SMILES string of the molecule is CC(C)OCC(C)(C)NC=O. The van der Waals surface area contributed by atoms with Crippen LogP contribution in [0.3, 0.4) is 0 Å². The fourth-order valence-electron chi connectivity index (χ4n) is 0.576. The first kappa shape index (κ1) is 10.4. The molecule has 0 radical (unpaired) electrons. The van der Waals surface area contributed by atoms with Crippen molar-refractivity contribution in [1.29, 1.82) is 0 Å². The van der Waals surface area contributed by atoms with Crippen LogP contribution in [0, 0.1) is 0 Å². The third-order valence-electron chi connectivity index (χ3n) is 1.23. The molecule has 0 saturated carbocycles. The highest BCUT2D eigenvalue weighted by Crippen LogP contribution is 2.02. The number of ether oxygens (including phenoxy) is 1. The van der Waals surface area contributed by atoms with Gasteiger partial charge in [-0.2, -0.15) is 0 Å².